The van der Waals surface area contributed by atoms with Gasteiger partial charge in [0, 0.05) is 25.2 Å². The van der Waals surface area contributed by atoms with Crippen LogP contribution in [0.1, 0.15) is 17.0 Å². The number of nitrogens with zero attached hydrogens (tertiary/aromatic N) is 2. The van der Waals surface area contributed by atoms with Gasteiger partial charge in [-0.2, -0.15) is 0 Å². The van der Waals surface area contributed by atoms with Crippen molar-refractivity contribution in [3.8, 4) is 0 Å². The van der Waals surface area contributed by atoms with Crippen LogP contribution in [0.15, 0.2) is 48.5 Å². The van der Waals surface area contributed by atoms with Crippen LogP contribution in [-0.4, -0.2) is 41.7 Å². The third kappa shape index (κ3) is 4.55. The van der Waals surface area contributed by atoms with Gasteiger partial charge >= 0.3 is 6.03 Å². The van der Waals surface area contributed by atoms with Gasteiger partial charge < -0.3 is 15.0 Å². The van der Waals surface area contributed by atoms with Crippen molar-refractivity contribution >= 4 is 6.03 Å². The van der Waals surface area contributed by atoms with Crippen LogP contribution in [0.5, 0.6) is 0 Å². The lowest BCUT2D eigenvalue weighted by Crippen LogP contribution is -2.50. The number of pyridine rings is 1. The van der Waals surface area contributed by atoms with E-state index in [2.05, 4.69) is 22.4 Å². The van der Waals surface area contributed by atoms with Gasteiger partial charge in [-0.1, -0.05) is 36.4 Å². The van der Waals surface area contributed by atoms with Gasteiger partial charge in [0.25, 0.3) is 0 Å². The zero-order valence-electron chi connectivity index (χ0n) is 13.9. The molecule has 3 rings (SSSR count). The molecule has 1 N–H and O–H groups in total. The molecule has 1 atom stereocenters. The topological polar surface area (TPSA) is 54.5 Å². The van der Waals surface area contributed by atoms with Crippen molar-refractivity contribution in [3.05, 3.63) is 65.5 Å². The van der Waals surface area contributed by atoms with E-state index in [1.807, 2.05) is 48.2 Å². The van der Waals surface area contributed by atoms with Crippen LogP contribution in [0.2, 0.25) is 0 Å². The van der Waals surface area contributed by atoms with Crippen molar-refractivity contribution in [2.75, 3.05) is 19.7 Å². The van der Waals surface area contributed by atoms with Crippen LogP contribution in [0, 0.1) is 6.92 Å². The minimum Gasteiger partial charge on any atom is -0.374 e. The summed E-state index contributed by atoms with van der Waals surface area (Å²) in [6.07, 6.45) is 0.869. The Balaban J connectivity index is 1.51. The van der Waals surface area contributed by atoms with Gasteiger partial charge in [0.1, 0.15) is 0 Å². The number of carbonyl (C=O) groups is 1. The number of aryl methyl sites for hydroxylation is 1. The maximum absolute atomic E-state index is 12.4. The molecule has 1 fully saturated rings. The molecule has 126 valence electrons. The van der Waals surface area contributed by atoms with Crippen molar-refractivity contribution in [1.82, 2.24) is 15.2 Å². The molecule has 2 heterocycles. The van der Waals surface area contributed by atoms with E-state index in [0.717, 1.165) is 17.8 Å². The molecule has 2 aromatic rings. The Hall–Kier alpha value is -2.40. The zero-order valence-corrected chi connectivity index (χ0v) is 13.9. The number of nitrogens with one attached hydrogen (secondary N) is 1. The van der Waals surface area contributed by atoms with E-state index in [1.54, 1.807) is 0 Å². The van der Waals surface area contributed by atoms with E-state index in [4.69, 9.17) is 4.74 Å². The molecule has 5 heteroatoms. The number of hydrogen-bond donors (Lipinski definition) is 1. The fourth-order valence-corrected chi connectivity index (χ4v) is 2.88. The quantitative estimate of drug-likeness (QED) is 0.940. The molecular weight excluding hydrogens is 302 g/mol. The van der Waals surface area contributed by atoms with Crippen LogP contribution in [-0.2, 0) is 17.7 Å². The first kappa shape index (κ1) is 16.5. The fraction of sp³-hybridized carbons (Fsp3) is 0.368. The summed E-state index contributed by atoms with van der Waals surface area (Å²) in [4.78, 5) is 18.6. The molecule has 0 saturated carbocycles. The molecular formula is C19H23N3O2. The Morgan fingerprint density at radius 3 is 2.88 bits per heavy atom. The van der Waals surface area contributed by atoms with Crippen molar-refractivity contribution in [2.24, 2.45) is 0 Å². The summed E-state index contributed by atoms with van der Waals surface area (Å²) in [5.74, 6) is 0. The second-order valence-corrected chi connectivity index (χ2v) is 6.06. The summed E-state index contributed by atoms with van der Waals surface area (Å²) < 4.78 is 5.81. The first-order chi connectivity index (χ1) is 11.7. The molecule has 0 spiro atoms. The lowest BCUT2D eigenvalue weighted by atomic mass is 10.1. The summed E-state index contributed by atoms with van der Waals surface area (Å²) >= 11 is 0. The highest BCUT2D eigenvalue weighted by atomic mass is 16.5. The smallest absolute Gasteiger partial charge is 0.317 e. The third-order valence-electron chi connectivity index (χ3n) is 4.10. The molecule has 0 radical (unpaired) electrons. The van der Waals surface area contributed by atoms with E-state index in [0.29, 0.717) is 26.2 Å². The number of morpholine rings is 1. The molecule has 0 aliphatic carbocycles. The third-order valence-corrected chi connectivity index (χ3v) is 4.10. The number of urea groups is 1. The first-order valence-electron chi connectivity index (χ1n) is 8.31. The molecule has 0 bridgehead atoms. The SMILES string of the molecule is Cc1cccc(CNC(=O)N2CCO[C@H](Cc3ccccc3)C2)n1. The summed E-state index contributed by atoms with van der Waals surface area (Å²) in [5, 5.41) is 2.95. The Kier molecular flexibility index (Phi) is 5.43. The summed E-state index contributed by atoms with van der Waals surface area (Å²) in [5.41, 5.74) is 3.06. The second-order valence-electron chi connectivity index (χ2n) is 6.06. The average molecular weight is 325 g/mol. The van der Waals surface area contributed by atoms with E-state index in [1.165, 1.54) is 5.56 Å². The average Bonchev–Trinajstić information content (AvgIpc) is 2.61. The molecule has 1 aliphatic heterocycles. The van der Waals surface area contributed by atoms with Crippen LogP contribution in [0.4, 0.5) is 4.79 Å². The van der Waals surface area contributed by atoms with Crippen LogP contribution in [0.25, 0.3) is 0 Å². The minimum atomic E-state index is -0.0559. The fourth-order valence-electron chi connectivity index (χ4n) is 2.88. The van der Waals surface area contributed by atoms with Crippen LogP contribution >= 0.6 is 0 Å². The molecule has 2 amide bonds. The first-order valence-corrected chi connectivity index (χ1v) is 8.31. The number of benzene rings is 1. The number of amides is 2. The summed E-state index contributed by atoms with van der Waals surface area (Å²) in [7, 11) is 0. The summed E-state index contributed by atoms with van der Waals surface area (Å²) in [6.45, 7) is 4.21. The largest absolute Gasteiger partial charge is 0.374 e. The van der Waals surface area contributed by atoms with E-state index >= 15 is 0 Å². The van der Waals surface area contributed by atoms with Crippen molar-refractivity contribution in [2.45, 2.75) is 26.0 Å². The highest BCUT2D eigenvalue weighted by Gasteiger charge is 2.24. The molecule has 1 saturated heterocycles. The molecule has 1 aromatic carbocycles. The van der Waals surface area contributed by atoms with Gasteiger partial charge in [-0.15, -0.1) is 0 Å². The molecule has 24 heavy (non-hydrogen) atoms. The van der Waals surface area contributed by atoms with Gasteiger partial charge in [-0.3, -0.25) is 4.98 Å². The molecule has 5 nitrogen and oxygen atoms in total. The van der Waals surface area contributed by atoms with Crippen molar-refractivity contribution < 1.29 is 9.53 Å². The monoisotopic (exact) mass is 325 g/mol. The van der Waals surface area contributed by atoms with E-state index < -0.39 is 0 Å². The van der Waals surface area contributed by atoms with Gasteiger partial charge in [-0.05, 0) is 24.6 Å². The van der Waals surface area contributed by atoms with Crippen LogP contribution in [0.3, 0.4) is 0 Å². The van der Waals surface area contributed by atoms with E-state index in [9.17, 15) is 4.79 Å². The minimum absolute atomic E-state index is 0.0454. The normalized spacial score (nSPS) is 17.5. The Morgan fingerprint density at radius 1 is 1.25 bits per heavy atom. The number of ether oxygens (including phenoxy) is 1. The van der Waals surface area contributed by atoms with E-state index in [-0.39, 0.29) is 12.1 Å². The molecule has 0 unspecified atom stereocenters. The summed E-state index contributed by atoms with van der Waals surface area (Å²) in [6, 6.07) is 16.0. The predicted molar refractivity (Wildman–Crippen MR) is 92.7 cm³/mol. The molecule has 1 aliphatic rings. The molecule has 1 aromatic heterocycles. The Labute approximate surface area is 142 Å². The van der Waals surface area contributed by atoms with Gasteiger partial charge in [0.15, 0.2) is 0 Å². The van der Waals surface area contributed by atoms with Crippen LogP contribution < -0.4 is 5.32 Å². The maximum Gasteiger partial charge on any atom is 0.317 e. The highest BCUT2D eigenvalue weighted by Crippen LogP contribution is 2.12. The standard InChI is InChI=1S/C19H23N3O2/c1-15-6-5-9-17(21-15)13-20-19(23)22-10-11-24-18(14-22)12-16-7-3-2-4-8-16/h2-9,18H,10-14H2,1H3,(H,20,23)/t18-/m1/s1. The van der Waals surface area contributed by atoms with Crippen molar-refractivity contribution in [1.29, 1.82) is 0 Å². The number of rotatable bonds is 4. The zero-order chi connectivity index (χ0) is 16.8. The Morgan fingerprint density at radius 2 is 2.08 bits per heavy atom. The number of hydrogen-bond acceptors (Lipinski definition) is 3. The Bertz CT molecular complexity index is 675. The second kappa shape index (κ2) is 7.93. The number of aromatic nitrogens is 1. The van der Waals surface area contributed by atoms with Gasteiger partial charge in [0.2, 0.25) is 0 Å². The predicted octanol–water partition coefficient (Wildman–Crippen LogP) is 2.54. The van der Waals surface area contributed by atoms with Crippen molar-refractivity contribution in [3.63, 3.8) is 0 Å². The van der Waals surface area contributed by atoms with Gasteiger partial charge in [-0.25, -0.2) is 4.79 Å². The maximum atomic E-state index is 12.4. The van der Waals surface area contributed by atoms with Gasteiger partial charge in [0.05, 0.1) is 24.9 Å². The lowest BCUT2D eigenvalue weighted by Gasteiger charge is -2.33. The lowest BCUT2D eigenvalue weighted by molar-refractivity contribution is -0.0133. The number of carbonyl (C=O) groups excluding carboxylic acids is 1. The highest BCUT2D eigenvalue weighted by molar-refractivity contribution is 5.74.